The number of hydrogen-bond donors (Lipinski definition) is 1. The van der Waals surface area contributed by atoms with Crippen LogP contribution in [0, 0.1) is 6.92 Å². The van der Waals surface area contributed by atoms with Crippen LogP contribution >= 0.6 is 12.4 Å². The largest absolute Gasteiger partial charge is 0.465 e. The summed E-state index contributed by atoms with van der Waals surface area (Å²) in [5.41, 5.74) is 6.59. The van der Waals surface area contributed by atoms with E-state index in [4.69, 9.17) is 5.73 Å². The van der Waals surface area contributed by atoms with Crippen molar-refractivity contribution in [2.45, 2.75) is 30.7 Å². The summed E-state index contributed by atoms with van der Waals surface area (Å²) in [6.45, 7) is 2.50. The van der Waals surface area contributed by atoms with E-state index < -0.39 is 16.0 Å². The molecule has 1 unspecified atom stereocenters. The van der Waals surface area contributed by atoms with Gasteiger partial charge in [0.05, 0.1) is 17.6 Å². The second-order valence-corrected chi connectivity index (χ2v) is 7.01. The molecule has 1 saturated heterocycles. The van der Waals surface area contributed by atoms with Crippen molar-refractivity contribution in [2.75, 3.05) is 20.2 Å². The van der Waals surface area contributed by atoms with Gasteiger partial charge in [0.2, 0.25) is 10.0 Å². The van der Waals surface area contributed by atoms with E-state index in [1.807, 2.05) is 0 Å². The standard InChI is InChI=1S/C14H20N2O4S.ClH/c1-10-5-6-12(8-13(10)14(17)20-2)21(18,19)16-7-3-4-11(16)9-15;/h5-6,8,11H,3-4,7,9,15H2,1-2H3;1H. The molecule has 0 aromatic heterocycles. The summed E-state index contributed by atoms with van der Waals surface area (Å²) in [5.74, 6) is -0.540. The lowest BCUT2D eigenvalue weighted by molar-refractivity contribution is 0.0599. The molecular weight excluding hydrogens is 328 g/mol. The number of carbonyl (C=O) groups is 1. The van der Waals surface area contributed by atoms with E-state index in [1.54, 1.807) is 13.0 Å². The molecule has 6 nitrogen and oxygen atoms in total. The predicted molar refractivity (Wildman–Crippen MR) is 85.7 cm³/mol. The highest BCUT2D eigenvalue weighted by Crippen LogP contribution is 2.27. The van der Waals surface area contributed by atoms with E-state index in [0.29, 0.717) is 18.7 Å². The van der Waals surface area contributed by atoms with Gasteiger partial charge in [-0.05, 0) is 37.5 Å². The molecule has 0 radical (unpaired) electrons. The average molecular weight is 349 g/mol. The van der Waals surface area contributed by atoms with Crippen molar-refractivity contribution in [3.05, 3.63) is 29.3 Å². The highest BCUT2D eigenvalue weighted by atomic mass is 35.5. The molecule has 22 heavy (non-hydrogen) atoms. The Morgan fingerprint density at radius 1 is 1.45 bits per heavy atom. The molecule has 0 saturated carbocycles. The van der Waals surface area contributed by atoms with Crippen molar-refractivity contribution >= 4 is 28.4 Å². The van der Waals surface area contributed by atoms with E-state index in [-0.39, 0.29) is 28.9 Å². The molecular formula is C14H21ClN2O4S. The fourth-order valence-corrected chi connectivity index (χ4v) is 4.32. The maximum absolute atomic E-state index is 12.7. The van der Waals surface area contributed by atoms with Crippen molar-refractivity contribution in [3.8, 4) is 0 Å². The van der Waals surface area contributed by atoms with Gasteiger partial charge < -0.3 is 10.5 Å². The molecule has 1 aromatic rings. The lowest BCUT2D eigenvalue weighted by atomic mass is 10.1. The molecule has 2 N–H and O–H groups in total. The van der Waals surface area contributed by atoms with Gasteiger partial charge in [0.1, 0.15) is 0 Å². The number of hydrogen-bond acceptors (Lipinski definition) is 5. The van der Waals surface area contributed by atoms with Crippen LogP contribution in [0.4, 0.5) is 0 Å². The van der Waals surface area contributed by atoms with Gasteiger partial charge in [-0.2, -0.15) is 4.31 Å². The number of ether oxygens (including phenoxy) is 1. The Hall–Kier alpha value is -1.15. The molecule has 0 spiro atoms. The molecule has 1 aromatic carbocycles. The first kappa shape index (κ1) is 18.9. The summed E-state index contributed by atoms with van der Waals surface area (Å²) in [4.78, 5) is 11.8. The van der Waals surface area contributed by atoms with Crippen molar-refractivity contribution in [1.82, 2.24) is 4.31 Å². The minimum absolute atomic E-state index is 0. The van der Waals surface area contributed by atoms with Crippen LogP contribution in [0.5, 0.6) is 0 Å². The maximum atomic E-state index is 12.7. The molecule has 1 fully saturated rings. The van der Waals surface area contributed by atoms with Crippen LogP contribution in [0.2, 0.25) is 0 Å². The molecule has 1 aliphatic heterocycles. The number of halogens is 1. The van der Waals surface area contributed by atoms with Crippen LogP contribution in [-0.4, -0.2) is 44.9 Å². The zero-order chi connectivity index (χ0) is 15.6. The third-order valence-corrected chi connectivity index (χ3v) is 5.76. The molecule has 0 bridgehead atoms. The second-order valence-electron chi connectivity index (χ2n) is 5.12. The maximum Gasteiger partial charge on any atom is 0.338 e. The summed E-state index contributed by atoms with van der Waals surface area (Å²) >= 11 is 0. The SMILES string of the molecule is COC(=O)c1cc(S(=O)(=O)N2CCCC2CN)ccc1C.Cl. The van der Waals surface area contributed by atoms with Crippen LogP contribution < -0.4 is 5.73 Å². The molecule has 2 rings (SSSR count). The lowest BCUT2D eigenvalue weighted by Gasteiger charge is -2.23. The fraction of sp³-hybridized carbons (Fsp3) is 0.500. The zero-order valence-electron chi connectivity index (χ0n) is 12.6. The Labute approximate surface area is 137 Å². The lowest BCUT2D eigenvalue weighted by Crippen LogP contribution is -2.39. The molecule has 1 atom stereocenters. The summed E-state index contributed by atoms with van der Waals surface area (Å²) in [6, 6.07) is 4.34. The number of esters is 1. The summed E-state index contributed by atoms with van der Waals surface area (Å²) < 4.78 is 31.5. The first-order chi connectivity index (χ1) is 9.91. The van der Waals surface area contributed by atoms with E-state index >= 15 is 0 Å². The molecule has 8 heteroatoms. The molecule has 0 aliphatic carbocycles. The number of carbonyl (C=O) groups excluding carboxylic acids is 1. The first-order valence-electron chi connectivity index (χ1n) is 6.82. The first-order valence-corrected chi connectivity index (χ1v) is 8.26. The van der Waals surface area contributed by atoms with E-state index in [0.717, 1.165) is 12.8 Å². The third kappa shape index (κ3) is 3.43. The molecule has 124 valence electrons. The van der Waals surface area contributed by atoms with Gasteiger partial charge >= 0.3 is 5.97 Å². The second kappa shape index (κ2) is 7.41. The number of nitrogens with two attached hydrogens (primary N) is 1. The molecule has 1 aliphatic rings. The molecule has 1 heterocycles. The molecule has 0 amide bonds. The Morgan fingerprint density at radius 2 is 2.14 bits per heavy atom. The minimum atomic E-state index is -3.64. The van der Waals surface area contributed by atoms with Crippen molar-refractivity contribution in [2.24, 2.45) is 5.73 Å². The monoisotopic (exact) mass is 348 g/mol. The van der Waals surface area contributed by atoms with Gasteiger partial charge in [0, 0.05) is 19.1 Å². The Kier molecular flexibility index (Phi) is 6.37. The van der Waals surface area contributed by atoms with Gasteiger partial charge in [-0.1, -0.05) is 6.07 Å². The van der Waals surface area contributed by atoms with Crippen LogP contribution in [0.3, 0.4) is 0 Å². The number of benzene rings is 1. The Balaban J connectivity index is 0.00000242. The van der Waals surface area contributed by atoms with Gasteiger partial charge in [-0.15, -0.1) is 12.4 Å². The van der Waals surface area contributed by atoms with Crippen molar-refractivity contribution < 1.29 is 17.9 Å². The average Bonchev–Trinajstić information content (AvgIpc) is 2.96. The number of methoxy groups -OCH3 is 1. The number of nitrogens with zero attached hydrogens (tertiary/aromatic N) is 1. The highest BCUT2D eigenvalue weighted by molar-refractivity contribution is 7.89. The van der Waals surface area contributed by atoms with Gasteiger partial charge in [-0.25, -0.2) is 13.2 Å². The highest BCUT2D eigenvalue weighted by Gasteiger charge is 2.34. The Morgan fingerprint density at radius 3 is 2.73 bits per heavy atom. The predicted octanol–water partition coefficient (Wildman–Crippen LogP) is 1.32. The van der Waals surface area contributed by atoms with Crippen molar-refractivity contribution in [1.29, 1.82) is 0 Å². The van der Waals surface area contributed by atoms with Crippen molar-refractivity contribution in [3.63, 3.8) is 0 Å². The van der Waals surface area contributed by atoms with Crippen LogP contribution in [0.15, 0.2) is 23.1 Å². The normalized spacial score (nSPS) is 18.8. The number of aryl methyl sites for hydroxylation is 1. The quantitative estimate of drug-likeness (QED) is 0.829. The van der Waals surface area contributed by atoms with Crippen LogP contribution in [0.25, 0.3) is 0 Å². The van der Waals surface area contributed by atoms with Gasteiger partial charge in [0.15, 0.2) is 0 Å². The minimum Gasteiger partial charge on any atom is -0.465 e. The van der Waals surface area contributed by atoms with Crippen LogP contribution in [0.1, 0.15) is 28.8 Å². The smallest absolute Gasteiger partial charge is 0.338 e. The summed E-state index contributed by atoms with van der Waals surface area (Å²) in [6.07, 6.45) is 1.57. The van der Waals surface area contributed by atoms with Gasteiger partial charge in [-0.3, -0.25) is 0 Å². The summed E-state index contributed by atoms with van der Waals surface area (Å²) in [5, 5.41) is 0. The van der Waals surface area contributed by atoms with E-state index in [9.17, 15) is 13.2 Å². The van der Waals surface area contributed by atoms with Gasteiger partial charge in [0.25, 0.3) is 0 Å². The Bertz CT molecular complexity index is 648. The van der Waals surface area contributed by atoms with E-state index in [2.05, 4.69) is 4.74 Å². The number of sulfonamides is 1. The third-order valence-electron chi connectivity index (χ3n) is 3.82. The fourth-order valence-electron chi connectivity index (χ4n) is 2.59. The zero-order valence-corrected chi connectivity index (χ0v) is 14.2. The number of rotatable bonds is 4. The topological polar surface area (TPSA) is 89.7 Å². The van der Waals surface area contributed by atoms with Crippen LogP contribution in [-0.2, 0) is 14.8 Å². The summed E-state index contributed by atoms with van der Waals surface area (Å²) in [7, 11) is -2.36. The van der Waals surface area contributed by atoms with E-state index in [1.165, 1.54) is 23.5 Å².